The molecular weight excluding hydrogens is 714 g/mol. The smallest absolute Gasteiger partial charge is 0.00000638 e. The Morgan fingerprint density at radius 2 is 0.136 bits per heavy atom. The number of hydrogen-bond donors (Lipinski definition) is 0. The van der Waals surface area contributed by atoms with E-state index in [0.717, 1.165) is 0 Å². The average molecular weight is 782 g/mol. The Kier molecular flexibility index (Phi) is 34.2. The molecule has 0 heterocycles. The third kappa shape index (κ3) is 18.8. The molecule has 0 unspecified atom stereocenters. The van der Waals surface area contributed by atoms with Crippen LogP contribution in [-0.4, -0.2) is 467 Å². The van der Waals surface area contributed by atoms with Gasteiger partial charge in [-0.1, -0.05) is 0 Å². The van der Waals surface area contributed by atoms with Crippen molar-refractivity contribution in [3.8, 4) is 0 Å². The zero-order valence-electron chi connectivity index (χ0n) is 52.5. The van der Waals surface area contributed by atoms with Crippen LogP contribution >= 0.6 is 0 Å². The van der Waals surface area contributed by atoms with Crippen LogP contribution in [0.1, 0.15) is 0 Å². The minimum absolute atomic E-state index is 0.590. The molecule has 0 aromatic carbocycles. The zero-order valence-corrected chi connectivity index (χ0v) is 52.5. The van der Waals surface area contributed by atoms with E-state index >= 15 is 0 Å². The van der Waals surface area contributed by atoms with Gasteiger partial charge < -0.3 is 0 Å². The molecule has 0 aliphatic carbocycles. The lowest BCUT2D eigenvalue weighted by Gasteiger charge is -2.59. The normalized spacial score (nSPS) is 9.76. The van der Waals surface area contributed by atoms with E-state index in [-0.39, 0.29) is 0 Å². The Hall–Kier alpha value is 4.29. The van der Waals surface area contributed by atoms with Gasteiger partial charge in [-0.25, -0.2) is 0 Å². The van der Waals surface area contributed by atoms with Crippen molar-refractivity contribution in [1.29, 1.82) is 0 Å². The summed E-state index contributed by atoms with van der Waals surface area (Å²) in [5.74, 6) is 0. The largest absolute Gasteiger partial charge is 0.0552 e. The highest BCUT2D eigenvalue weighted by Gasteiger charge is 2.64. The highest BCUT2D eigenvalue weighted by Crippen LogP contribution is 2.25. The topological polar surface area (TPSA) is 0 Å². The lowest BCUT2D eigenvalue weighted by atomic mass is 8.22. The molecule has 0 aliphatic heterocycles. The molecule has 0 bridgehead atoms. The molecule has 0 spiro atoms. The molecule has 0 rings (SSSR count). The van der Waals surface area contributed by atoms with Crippen molar-refractivity contribution in [1.82, 2.24) is 0 Å². The summed E-state index contributed by atoms with van der Waals surface area (Å²) in [6.07, 6.45) is 19.9. The molecule has 266 valence electrons. The molecule has 0 fully saturated rings. The number of hydrogen-bond acceptors (Lipinski definition) is 0. The molecule has 0 aromatic heterocycles. The molecule has 0 saturated carbocycles. The van der Waals surface area contributed by atoms with Crippen LogP contribution in [-0.2, 0) is 0 Å². The molecule has 0 radical (unpaired) electrons. The molecule has 0 saturated heterocycles. The van der Waals surface area contributed by atoms with E-state index in [4.69, 9.17) is 0 Å². The van der Waals surface area contributed by atoms with Gasteiger partial charge in [-0.3, -0.25) is 0 Å². The van der Waals surface area contributed by atoms with E-state index in [1.54, 1.807) is 0 Å². The molecule has 0 N–H and O–H groups in total. The zero-order chi connectivity index (χ0) is 52.5. The maximum atomic E-state index is 2.71. The second-order valence-corrected chi connectivity index (χ2v) is 29.8. The van der Waals surface area contributed by atoms with E-state index in [9.17, 15) is 0 Å². The van der Waals surface area contributed by atoms with Gasteiger partial charge in [-0.15, -0.1) is 0 Å². The van der Waals surface area contributed by atoms with Gasteiger partial charge in [0.1, 0.15) is 0 Å². The van der Waals surface area contributed by atoms with Gasteiger partial charge in [-0.2, -0.15) is 0 Å². The van der Waals surface area contributed by atoms with E-state index < -0.39 is 0 Å². The highest BCUT2D eigenvalue weighted by molar-refractivity contribution is 8.39. The van der Waals surface area contributed by atoms with Gasteiger partial charge in [-0.05, 0) is 0 Å². The number of rotatable bonds is 31. The fourth-order valence-electron chi connectivity index (χ4n) is 19.0. The fourth-order valence-corrected chi connectivity index (χ4v) is 19.0. The van der Waals surface area contributed by atoms with Crippen LogP contribution in [0.15, 0.2) is 0 Å². The van der Waals surface area contributed by atoms with Crippen LogP contribution in [0, 0.1) is 0 Å². The molecule has 0 atom stereocenters. The van der Waals surface area contributed by atoms with Crippen molar-refractivity contribution in [3.05, 3.63) is 0 Å². The second-order valence-electron chi connectivity index (χ2n) is 29.8. The summed E-state index contributed by atoms with van der Waals surface area (Å²) < 4.78 is 0. The van der Waals surface area contributed by atoms with Crippen molar-refractivity contribution < 1.29 is 0 Å². The van der Waals surface area contributed by atoms with Crippen LogP contribution in [0.5, 0.6) is 0 Å². The third-order valence-electron chi connectivity index (χ3n) is 19.3. The lowest BCUT2D eigenvalue weighted by Crippen LogP contribution is -2.98. The molecule has 0 amide bonds. The van der Waals surface area contributed by atoms with E-state index in [0.29, 0.717) is 204 Å². The summed E-state index contributed by atoms with van der Waals surface area (Å²) in [4.78, 5) is 0. The molecule has 0 nitrogen and oxygen atoms in total. The quantitative estimate of drug-likeness (QED) is 0.0615. The molecular formula is H68B66. The van der Waals surface area contributed by atoms with Crippen molar-refractivity contribution in [2.24, 2.45) is 0 Å². The van der Waals surface area contributed by atoms with Gasteiger partial charge in [0.25, 0.3) is 0 Å². The first-order valence-corrected chi connectivity index (χ1v) is 30.0. The Labute approximate surface area is 463 Å². The van der Waals surface area contributed by atoms with Gasteiger partial charge in [0, 0.05) is 204 Å². The lowest BCUT2D eigenvalue weighted by molar-refractivity contribution is 3.16. The van der Waals surface area contributed by atoms with Crippen LogP contribution in [0.4, 0.5) is 0 Å². The van der Waals surface area contributed by atoms with Gasteiger partial charge in [0.2, 0.25) is 0 Å². The van der Waals surface area contributed by atoms with Gasteiger partial charge in [0.05, 0.1) is 263 Å². The van der Waals surface area contributed by atoms with Gasteiger partial charge >= 0.3 is 0 Å². The maximum Gasteiger partial charge on any atom is 0.0552 e. The Morgan fingerprint density at radius 3 is 0.227 bits per heavy atom. The first kappa shape index (κ1) is 70.3. The minimum Gasteiger partial charge on any atom is 0.00000638 e. The standard InChI is InChI=1S/B66H68/c1-35(2)52(36(3)4)60(51(33)34)64(59(49(29)30)50(31)32)66(63(57(45(21)22)46(23)24)58(47(25)26)48(27)28)65(61(53(37(5)6)38(7)8)54(39(9)10)40(11)12)62(55(41(13)14)42(15)16)56(43(17)18)44(19)20/h1-34H2. The van der Waals surface area contributed by atoms with E-state index in [1.165, 1.54) is 0 Å². The summed E-state index contributed by atoms with van der Waals surface area (Å²) in [5.41, 5.74) is 0. The summed E-state index contributed by atoms with van der Waals surface area (Å²) in [5, 5.41) is 0. The summed E-state index contributed by atoms with van der Waals surface area (Å²) in [7, 11) is 90.7. The Morgan fingerprint density at radius 1 is 0.0758 bits per heavy atom. The van der Waals surface area contributed by atoms with Gasteiger partial charge in [0.15, 0.2) is 0 Å². The average Bonchev–Trinajstić information content (AvgIpc) is 3.08. The molecule has 66 heavy (non-hydrogen) atoms. The second kappa shape index (κ2) is 32.1. The molecule has 0 aliphatic rings. The van der Waals surface area contributed by atoms with Crippen LogP contribution in [0.3, 0.4) is 0 Å². The predicted molar refractivity (Wildman–Crippen MR) is 475 cm³/mol. The van der Waals surface area contributed by atoms with Crippen LogP contribution in [0.2, 0.25) is 0 Å². The maximum absolute atomic E-state index is 2.71. The molecule has 0 aromatic rings. The first-order valence-electron chi connectivity index (χ1n) is 30.0. The van der Waals surface area contributed by atoms with Crippen LogP contribution < -0.4 is 0 Å². The first-order chi connectivity index (χ1) is 30.0. The monoisotopic (exact) mass is 795 g/mol. The van der Waals surface area contributed by atoms with Crippen molar-refractivity contribution in [2.75, 3.05) is 0 Å². The third-order valence-corrected chi connectivity index (χ3v) is 19.3. The van der Waals surface area contributed by atoms with E-state index in [1.807, 2.05) is 0 Å². The Balaban J connectivity index is 11.3. The molecule has 66 heteroatoms. The van der Waals surface area contributed by atoms with Crippen molar-refractivity contribution in [3.63, 3.8) is 0 Å². The minimum atomic E-state index is 0.590. The van der Waals surface area contributed by atoms with Crippen LogP contribution in [0.25, 0.3) is 0 Å². The van der Waals surface area contributed by atoms with E-state index in [2.05, 4.69) is 263 Å². The summed E-state index contributed by atoms with van der Waals surface area (Å²) in [6, 6.07) is 0. The van der Waals surface area contributed by atoms with Crippen molar-refractivity contribution >= 4 is 467 Å². The van der Waals surface area contributed by atoms with Crippen molar-refractivity contribution in [2.45, 2.75) is 0 Å². The summed E-state index contributed by atoms with van der Waals surface area (Å²) in [6.45, 7) is 0. The fraction of sp³-hybridized carbons (Fsp3) is 0. The Bertz CT molecular complexity index is 1060. The SMILES string of the molecule is BB(B)B(B(B)B)B(B(B)B)B(B(B(B)B)B(B)B)B(B(B(B(B)B)B(B)B)B(B(B)B)B(B)B)B(B(B(B(B)B)B(B)B)B(B(B)B)B(B)B)B(B(B(B)B)B(B)B)B(B(B)B)B(B)B. The highest BCUT2D eigenvalue weighted by atomic mass is 13.4. The predicted octanol–water partition coefficient (Wildman–Crippen LogP) is -43.3. The summed E-state index contributed by atoms with van der Waals surface area (Å²) >= 11 is 0.